The van der Waals surface area contributed by atoms with Gasteiger partial charge in [-0.3, -0.25) is 37.3 Å². The highest BCUT2D eigenvalue weighted by atomic mass is 31.2. The van der Waals surface area contributed by atoms with Crippen LogP contribution in [0.5, 0.6) is 0 Å². The van der Waals surface area contributed by atoms with Crippen LogP contribution in [0, 0.1) is 0 Å². The molecule has 0 aliphatic heterocycles. The summed E-state index contributed by atoms with van der Waals surface area (Å²) in [6.45, 7) is 4.90. The van der Waals surface area contributed by atoms with Crippen LogP contribution in [0.1, 0.15) is 387 Å². The second kappa shape index (κ2) is 71.0. The molecule has 0 aromatic carbocycles. The average Bonchev–Trinajstić information content (AvgIpc) is 1.25. The molecule has 0 aliphatic rings. The van der Waals surface area contributed by atoms with Gasteiger partial charge in [-0.15, -0.1) is 0 Å². The van der Waals surface area contributed by atoms with Crippen molar-refractivity contribution in [1.29, 1.82) is 0 Å². The molecule has 17 nitrogen and oxygen atoms in total. The van der Waals surface area contributed by atoms with Gasteiger partial charge < -0.3 is 33.8 Å². The van der Waals surface area contributed by atoms with Crippen molar-refractivity contribution in [2.75, 3.05) is 39.6 Å². The molecule has 0 aromatic rings. The molecule has 0 aliphatic carbocycles. The number of aliphatic hydroxyl groups excluding tert-OH is 1. The van der Waals surface area contributed by atoms with Crippen LogP contribution in [0.4, 0.5) is 0 Å². The van der Waals surface area contributed by atoms with E-state index in [4.69, 9.17) is 37.0 Å². The second-order valence-corrected chi connectivity index (χ2v) is 30.0. The highest BCUT2D eigenvalue weighted by Gasteiger charge is 2.30. The van der Waals surface area contributed by atoms with Gasteiger partial charge in [-0.1, -0.05) is 335 Å². The van der Waals surface area contributed by atoms with Crippen molar-refractivity contribution in [3.05, 3.63) is 24.3 Å². The van der Waals surface area contributed by atoms with Gasteiger partial charge in [-0.05, 0) is 51.4 Å². The topological polar surface area (TPSA) is 237 Å². The van der Waals surface area contributed by atoms with Crippen molar-refractivity contribution < 1.29 is 80.2 Å². The van der Waals surface area contributed by atoms with E-state index >= 15 is 0 Å². The molecule has 5 atom stereocenters. The molecule has 0 spiro atoms. The van der Waals surface area contributed by atoms with Crippen LogP contribution in [0.15, 0.2) is 24.3 Å². The van der Waals surface area contributed by atoms with Gasteiger partial charge in [-0.25, -0.2) is 9.13 Å². The summed E-state index contributed by atoms with van der Waals surface area (Å²) in [4.78, 5) is 72.7. The normalized spacial score (nSPS) is 14.0. The number of hydrogen-bond donors (Lipinski definition) is 3. The summed E-state index contributed by atoms with van der Waals surface area (Å²) in [6, 6.07) is 0. The summed E-state index contributed by atoms with van der Waals surface area (Å²) >= 11 is 0. The van der Waals surface area contributed by atoms with E-state index in [0.717, 1.165) is 109 Å². The lowest BCUT2D eigenvalue weighted by Gasteiger charge is -2.21. The molecule has 0 heterocycles. The molecule has 19 heteroatoms. The first kappa shape index (κ1) is 93.5. The summed E-state index contributed by atoms with van der Waals surface area (Å²) in [5, 5.41) is 10.6. The minimum atomic E-state index is -4.96. The zero-order chi connectivity index (χ0) is 70.4. The number of ether oxygens (including phenoxy) is 4. The number of esters is 4. The highest BCUT2D eigenvalue weighted by Crippen LogP contribution is 2.45. The molecule has 0 radical (unpaired) electrons. The number of rotatable bonds is 76. The zero-order valence-corrected chi connectivity index (χ0v) is 63.6. The van der Waals surface area contributed by atoms with Crippen molar-refractivity contribution in [2.24, 2.45) is 0 Å². The molecule has 0 saturated heterocycles. The molecular weight excluding hydrogens is 1260 g/mol. The van der Waals surface area contributed by atoms with E-state index in [1.54, 1.807) is 0 Å². The maximum absolute atomic E-state index is 13.1. The molecule has 0 fully saturated rings. The standard InChI is InChI=1S/C77H146O17P2/c1-5-9-13-17-21-25-28-30-32-33-34-35-36-37-39-41-44-48-52-56-60-64-77(82)94-73(68-88-75(80)62-58-54-50-46-43-40-38-31-29-26-22-18-14-10-6-2)70-92-96(85,86)90-66-71(78)65-89-95(83,84)91-69-72(67-87-74(79)61-57-53-49-45-24-20-16-12-8-4)93-76(81)63-59-55-51-47-42-27-23-19-15-11-7-3/h26,29,31,38,71-73,78H,5-25,27-28,30,32-37,39-70H2,1-4H3,(H,83,84)(H,85,86)/b29-26-,38-31-/t71-,72+,73+/m0/s1. The number of phosphoric ester groups is 2. The third kappa shape index (κ3) is 70.0. The van der Waals surface area contributed by atoms with E-state index in [0.29, 0.717) is 25.7 Å². The van der Waals surface area contributed by atoms with Gasteiger partial charge in [0.05, 0.1) is 26.4 Å². The molecule has 0 rings (SSSR count). The number of allylic oxidation sites excluding steroid dienone is 4. The van der Waals surface area contributed by atoms with E-state index in [2.05, 4.69) is 52.0 Å². The van der Waals surface area contributed by atoms with Gasteiger partial charge in [0.2, 0.25) is 0 Å². The molecule has 3 N–H and O–H groups in total. The summed E-state index contributed by atoms with van der Waals surface area (Å²) in [5.41, 5.74) is 0. The van der Waals surface area contributed by atoms with Crippen molar-refractivity contribution >= 4 is 39.5 Å². The van der Waals surface area contributed by atoms with Gasteiger partial charge in [0, 0.05) is 25.7 Å². The lowest BCUT2D eigenvalue weighted by Crippen LogP contribution is -2.30. The second-order valence-electron chi connectivity index (χ2n) is 27.1. The minimum absolute atomic E-state index is 0.102. The van der Waals surface area contributed by atoms with Gasteiger partial charge in [-0.2, -0.15) is 0 Å². The van der Waals surface area contributed by atoms with Crippen molar-refractivity contribution in [2.45, 2.75) is 406 Å². The Morgan fingerprint density at radius 3 is 0.760 bits per heavy atom. The van der Waals surface area contributed by atoms with Gasteiger partial charge in [0.15, 0.2) is 12.2 Å². The van der Waals surface area contributed by atoms with Crippen LogP contribution in [0.3, 0.4) is 0 Å². The molecule has 566 valence electrons. The van der Waals surface area contributed by atoms with Crippen molar-refractivity contribution in [3.63, 3.8) is 0 Å². The van der Waals surface area contributed by atoms with E-state index in [9.17, 15) is 43.2 Å². The fraction of sp³-hybridized carbons (Fsp3) is 0.896. The molecular formula is C77H146O17P2. The number of phosphoric acid groups is 2. The lowest BCUT2D eigenvalue weighted by molar-refractivity contribution is -0.161. The Hall–Kier alpha value is -2.46. The maximum Gasteiger partial charge on any atom is 0.472 e. The average molecular weight is 1410 g/mol. The Kier molecular flexibility index (Phi) is 69.1. The van der Waals surface area contributed by atoms with Crippen LogP contribution in [0.2, 0.25) is 0 Å². The minimum Gasteiger partial charge on any atom is -0.462 e. The Labute approximate surface area is 586 Å². The first-order chi connectivity index (χ1) is 46.7. The van der Waals surface area contributed by atoms with Gasteiger partial charge in [0.25, 0.3) is 0 Å². The number of aliphatic hydroxyl groups is 1. The molecule has 0 saturated carbocycles. The molecule has 0 amide bonds. The van der Waals surface area contributed by atoms with Crippen LogP contribution in [-0.4, -0.2) is 96.7 Å². The fourth-order valence-corrected chi connectivity index (χ4v) is 13.0. The maximum atomic E-state index is 13.1. The van der Waals surface area contributed by atoms with E-state index < -0.39 is 97.5 Å². The van der Waals surface area contributed by atoms with Gasteiger partial charge >= 0.3 is 39.5 Å². The van der Waals surface area contributed by atoms with E-state index in [1.807, 2.05) is 0 Å². The Morgan fingerprint density at radius 2 is 0.500 bits per heavy atom. The number of unbranched alkanes of at least 4 members (excludes halogenated alkanes) is 47. The van der Waals surface area contributed by atoms with Crippen LogP contribution in [-0.2, 0) is 65.4 Å². The summed E-state index contributed by atoms with van der Waals surface area (Å²) < 4.78 is 68.4. The zero-order valence-electron chi connectivity index (χ0n) is 61.8. The predicted octanol–water partition coefficient (Wildman–Crippen LogP) is 22.6. The van der Waals surface area contributed by atoms with Crippen molar-refractivity contribution in [3.8, 4) is 0 Å². The first-order valence-corrected chi connectivity index (χ1v) is 42.6. The quantitative estimate of drug-likeness (QED) is 0.0169. The Balaban J connectivity index is 5.22. The first-order valence-electron chi connectivity index (χ1n) is 39.6. The number of hydrogen-bond acceptors (Lipinski definition) is 15. The Bertz CT molecular complexity index is 1920. The fourth-order valence-electron chi connectivity index (χ4n) is 11.4. The molecule has 0 aromatic heterocycles. The summed E-state index contributed by atoms with van der Waals surface area (Å²) in [7, 11) is -9.92. The van der Waals surface area contributed by atoms with E-state index in [-0.39, 0.29) is 25.7 Å². The van der Waals surface area contributed by atoms with Crippen molar-refractivity contribution in [1.82, 2.24) is 0 Å². The molecule has 0 bridgehead atoms. The predicted molar refractivity (Wildman–Crippen MR) is 391 cm³/mol. The van der Waals surface area contributed by atoms with Crippen LogP contribution in [0.25, 0.3) is 0 Å². The monoisotopic (exact) mass is 1410 g/mol. The lowest BCUT2D eigenvalue weighted by atomic mass is 10.0. The van der Waals surface area contributed by atoms with Gasteiger partial charge in [0.1, 0.15) is 19.3 Å². The van der Waals surface area contributed by atoms with Crippen LogP contribution < -0.4 is 0 Å². The summed E-state index contributed by atoms with van der Waals surface area (Å²) in [6.07, 6.45) is 64.7. The number of carbonyl (C=O) groups excluding carboxylic acids is 4. The SMILES string of the molecule is CCCCCC/C=C\C=C/CCCCCCCC(=O)OC[C@H](COP(=O)(O)OC[C@@H](O)COP(=O)(O)OC[C@@H](COC(=O)CCCCCCCCCCC)OC(=O)CCCCCCCCCCCCC)OC(=O)CCCCCCCCCCCCCCCCCCCCCCC. The third-order valence-electron chi connectivity index (χ3n) is 17.5. The molecule has 2 unspecified atom stereocenters. The smallest absolute Gasteiger partial charge is 0.462 e. The third-order valence-corrected chi connectivity index (χ3v) is 19.4. The summed E-state index contributed by atoms with van der Waals surface area (Å²) in [5.74, 6) is -2.14. The molecule has 96 heavy (non-hydrogen) atoms. The largest absolute Gasteiger partial charge is 0.472 e. The Morgan fingerprint density at radius 1 is 0.292 bits per heavy atom. The number of carbonyl (C=O) groups is 4. The van der Waals surface area contributed by atoms with E-state index in [1.165, 1.54) is 199 Å². The van der Waals surface area contributed by atoms with Crippen LogP contribution >= 0.6 is 15.6 Å². The highest BCUT2D eigenvalue weighted by molar-refractivity contribution is 7.47.